The summed E-state index contributed by atoms with van der Waals surface area (Å²) in [4.78, 5) is 34.2. The van der Waals surface area contributed by atoms with E-state index >= 15 is 0 Å². The molecule has 178 valence electrons. The Morgan fingerprint density at radius 2 is 1.83 bits per heavy atom. The Balaban J connectivity index is 1.28. The highest BCUT2D eigenvalue weighted by Crippen LogP contribution is 2.33. The van der Waals surface area contributed by atoms with Gasteiger partial charge in [0.2, 0.25) is 18.4 Å². The number of rotatable bonds is 7. The van der Waals surface area contributed by atoms with Crippen molar-refractivity contribution >= 4 is 40.5 Å². The Kier molecular flexibility index (Phi) is 6.28. The van der Waals surface area contributed by atoms with E-state index < -0.39 is 0 Å². The molecule has 2 N–H and O–H groups in total. The molecule has 3 heterocycles. The topological polar surface area (TPSA) is 116 Å². The summed E-state index contributed by atoms with van der Waals surface area (Å²) < 4.78 is 16.5. The molecule has 0 bridgehead atoms. The lowest BCUT2D eigenvalue weighted by atomic mass is 10.2. The summed E-state index contributed by atoms with van der Waals surface area (Å²) >= 11 is 1.16. The number of carbonyl (C=O) groups excluding carboxylic acids is 2. The second-order valence-electron chi connectivity index (χ2n) is 7.89. The van der Waals surface area contributed by atoms with E-state index in [-0.39, 0.29) is 24.4 Å². The van der Waals surface area contributed by atoms with Crippen molar-refractivity contribution in [1.29, 1.82) is 0 Å². The van der Waals surface area contributed by atoms with Crippen molar-refractivity contribution in [3.63, 3.8) is 0 Å². The number of hydrogen-bond acceptors (Lipinski definition) is 8. The fourth-order valence-corrected chi connectivity index (χ4v) is 4.25. The zero-order valence-electron chi connectivity index (χ0n) is 19.1. The SMILES string of the molecule is Cc1oc2nc(SCC(=O)NCc3ccc4c(c3)OCO4)nc(NC(=O)c3ccccc3)c2c1C. The predicted molar refractivity (Wildman–Crippen MR) is 131 cm³/mol. The Labute approximate surface area is 205 Å². The molecule has 0 spiro atoms. The number of benzene rings is 2. The number of nitrogens with zero attached hydrogens (tertiary/aromatic N) is 2. The van der Waals surface area contributed by atoms with Crippen molar-refractivity contribution in [3.05, 3.63) is 71.0 Å². The van der Waals surface area contributed by atoms with Gasteiger partial charge in [0.25, 0.3) is 5.91 Å². The highest BCUT2D eigenvalue weighted by molar-refractivity contribution is 7.99. The monoisotopic (exact) mass is 490 g/mol. The predicted octanol–water partition coefficient (Wildman–Crippen LogP) is 4.23. The maximum Gasteiger partial charge on any atom is 0.256 e. The van der Waals surface area contributed by atoms with Crippen LogP contribution in [0.2, 0.25) is 0 Å². The van der Waals surface area contributed by atoms with Gasteiger partial charge in [-0.1, -0.05) is 36.0 Å². The van der Waals surface area contributed by atoms with Gasteiger partial charge >= 0.3 is 0 Å². The number of fused-ring (bicyclic) bond motifs is 2. The lowest BCUT2D eigenvalue weighted by molar-refractivity contribution is -0.118. The molecule has 10 heteroatoms. The third-order valence-corrected chi connectivity index (χ3v) is 6.38. The van der Waals surface area contributed by atoms with Crippen molar-refractivity contribution in [1.82, 2.24) is 15.3 Å². The molecule has 0 radical (unpaired) electrons. The van der Waals surface area contributed by atoms with Crippen LogP contribution in [0.1, 0.15) is 27.2 Å². The van der Waals surface area contributed by atoms with Gasteiger partial charge in [0, 0.05) is 17.7 Å². The van der Waals surface area contributed by atoms with E-state index in [0.29, 0.717) is 51.4 Å². The zero-order valence-corrected chi connectivity index (χ0v) is 19.9. The Hall–Kier alpha value is -4.05. The average molecular weight is 491 g/mol. The lowest BCUT2D eigenvalue weighted by Gasteiger charge is -2.09. The second kappa shape index (κ2) is 9.67. The van der Waals surface area contributed by atoms with Gasteiger partial charge < -0.3 is 24.5 Å². The van der Waals surface area contributed by atoms with Crippen molar-refractivity contribution in [2.45, 2.75) is 25.5 Å². The number of nitrogens with one attached hydrogen (secondary N) is 2. The highest BCUT2D eigenvalue weighted by Gasteiger charge is 2.19. The van der Waals surface area contributed by atoms with Crippen LogP contribution >= 0.6 is 11.8 Å². The maximum absolute atomic E-state index is 12.8. The van der Waals surface area contributed by atoms with E-state index in [0.717, 1.165) is 22.9 Å². The lowest BCUT2D eigenvalue weighted by Crippen LogP contribution is -2.24. The summed E-state index contributed by atoms with van der Waals surface area (Å²) in [5.74, 6) is 2.03. The molecular formula is C25H22N4O5S. The minimum absolute atomic E-state index is 0.0980. The van der Waals surface area contributed by atoms with E-state index in [1.54, 1.807) is 24.3 Å². The second-order valence-corrected chi connectivity index (χ2v) is 8.83. The van der Waals surface area contributed by atoms with Crippen LogP contribution in [0.25, 0.3) is 11.1 Å². The molecule has 35 heavy (non-hydrogen) atoms. The molecule has 0 fully saturated rings. The highest BCUT2D eigenvalue weighted by atomic mass is 32.2. The van der Waals surface area contributed by atoms with Crippen molar-refractivity contribution < 1.29 is 23.5 Å². The zero-order chi connectivity index (χ0) is 24.4. The average Bonchev–Trinajstić information content (AvgIpc) is 3.45. The van der Waals surface area contributed by atoms with E-state index in [1.807, 2.05) is 38.1 Å². The third-order valence-electron chi connectivity index (χ3n) is 5.54. The molecule has 9 nitrogen and oxygen atoms in total. The third kappa shape index (κ3) is 4.92. The molecule has 0 unspecified atom stereocenters. The molecule has 0 saturated heterocycles. The number of aryl methyl sites for hydroxylation is 2. The molecule has 0 aliphatic carbocycles. The number of ether oxygens (including phenoxy) is 2. The first-order valence-corrected chi connectivity index (χ1v) is 11.9. The van der Waals surface area contributed by atoms with E-state index in [4.69, 9.17) is 13.9 Å². The standard InChI is InChI=1S/C25H22N4O5S/c1-14-15(2)34-24-21(14)22(27-23(31)17-6-4-3-5-7-17)28-25(29-24)35-12-20(30)26-11-16-8-9-18-19(10-16)33-13-32-18/h3-10H,11-13H2,1-2H3,(H,26,30)(H,27,28,29,31). The number of thioether (sulfide) groups is 1. The Morgan fingerprint density at radius 1 is 1.03 bits per heavy atom. The quantitative estimate of drug-likeness (QED) is 0.292. The maximum atomic E-state index is 12.8. The molecule has 5 rings (SSSR count). The summed E-state index contributed by atoms with van der Waals surface area (Å²) in [6, 6.07) is 14.4. The first kappa shape index (κ1) is 22.7. The molecule has 2 amide bonds. The van der Waals surface area contributed by atoms with Gasteiger partial charge in [0.15, 0.2) is 16.7 Å². The number of amides is 2. The smallest absolute Gasteiger partial charge is 0.256 e. The summed E-state index contributed by atoms with van der Waals surface area (Å²) in [6.07, 6.45) is 0. The molecule has 2 aromatic heterocycles. The van der Waals surface area contributed by atoms with Gasteiger partial charge in [-0.15, -0.1) is 0 Å². The van der Waals surface area contributed by atoms with Crippen molar-refractivity contribution in [2.75, 3.05) is 17.9 Å². The van der Waals surface area contributed by atoms with Crippen molar-refractivity contribution in [2.24, 2.45) is 0 Å². The van der Waals surface area contributed by atoms with Gasteiger partial charge in [-0.3, -0.25) is 9.59 Å². The van der Waals surface area contributed by atoms with Gasteiger partial charge in [-0.2, -0.15) is 4.98 Å². The summed E-state index contributed by atoms with van der Waals surface area (Å²) in [6.45, 7) is 4.27. The molecule has 2 aromatic carbocycles. The van der Waals surface area contributed by atoms with Gasteiger partial charge in [-0.05, 0) is 43.7 Å². The minimum atomic E-state index is -0.290. The molecule has 0 atom stereocenters. The first-order chi connectivity index (χ1) is 17.0. The molecule has 4 aromatic rings. The fraction of sp³-hybridized carbons (Fsp3) is 0.200. The van der Waals surface area contributed by atoms with Crippen LogP contribution in [-0.2, 0) is 11.3 Å². The van der Waals surface area contributed by atoms with Crippen LogP contribution in [0.4, 0.5) is 5.82 Å². The number of furan rings is 1. The van der Waals surface area contributed by atoms with Crippen molar-refractivity contribution in [3.8, 4) is 11.5 Å². The normalized spacial score (nSPS) is 12.1. The fourth-order valence-electron chi connectivity index (χ4n) is 3.59. The van der Waals surface area contributed by atoms with Gasteiger partial charge in [0.1, 0.15) is 11.6 Å². The molecule has 1 aliphatic heterocycles. The van der Waals surface area contributed by atoms with Crippen LogP contribution in [0.15, 0.2) is 58.1 Å². The Morgan fingerprint density at radius 3 is 2.66 bits per heavy atom. The molecule has 1 aliphatic rings. The summed E-state index contributed by atoms with van der Waals surface area (Å²) in [5.41, 5.74) is 2.62. The van der Waals surface area contributed by atoms with Crippen LogP contribution in [0, 0.1) is 13.8 Å². The van der Waals surface area contributed by atoms with Crippen LogP contribution in [0.3, 0.4) is 0 Å². The van der Waals surface area contributed by atoms with E-state index in [1.165, 1.54) is 0 Å². The first-order valence-electron chi connectivity index (χ1n) is 10.9. The number of anilines is 1. The molecule has 0 saturated carbocycles. The van der Waals surface area contributed by atoms with Gasteiger partial charge in [-0.25, -0.2) is 4.98 Å². The number of aromatic nitrogens is 2. The van der Waals surface area contributed by atoms with E-state index in [2.05, 4.69) is 20.6 Å². The Bertz CT molecular complexity index is 1420. The van der Waals surface area contributed by atoms with Gasteiger partial charge in [0.05, 0.1) is 11.1 Å². The number of carbonyl (C=O) groups is 2. The summed E-state index contributed by atoms with van der Waals surface area (Å²) in [5, 5.41) is 6.71. The van der Waals surface area contributed by atoms with Crippen LogP contribution in [-0.4, -0.2) is 34.3 Å². The largest absolute Gasteiger partial charge is 0.454 e. The minimum Gasteiger partial charge on any atom is -0.454 e. The summed E-state index contributed by atoms with van der Waals surface area (Å²) in [7, 11) is 0. The number of hydrogen-bond donors (Lipinski definition) is 2. The van der Waals surface area contributed by atoms with Crippen LogP contribution < -0.4 is 20.1 Å². The molecular weight excluding hydrogens is 468 g/mol. The van der Waals surface area contributed by atoms with E-state index in [9.17, 15) is 9.59 Å². The van der Waals surface area contributed by atoms with Crippen LogP contribution in [0.5, 0.6) is 11.5 Å².